The first-order valence-corrected chi connectivity index (χ1v) is 13.7. The highest BCUT2D eigenvalue weighted by atomic mass is 31.2. The number of fused-ring (bicyclic) bond motifs is 2. The summed E-state index contributed by atoms with van der Waals surface area (Å²) in [4.78, 5) is 45.0. The van der Waals surface area contributed by atoms with Gasteiger partial charge in [-0.15, -0.1) is 0 Å². The van der Waals surface area contributed by atoms with Crippen LogP contribution in [0.2, 0.25) is 0 Å². The Hall–Kier alpha value is -3.65. The fraction of sp³-hybridized carbons (Fsp3) is 0.500. The van der Waals surface area contributed by atoms with Crippen LogP contribution in [0.15, 0.2) is 23.8 Å². The lowest BCUT2D eigenvalue weighted by molar-refractivity contribution is -0.0444. The number of nitrogens with zero attached hydrogens (tertiary/aromatic N) is 7. The monoisotopic (exact) mass is 600 g/mol. The van der Waals surface area contributed by atoms with Crippen molar-refractivity contribution in [3.8, 4) is 0 Å². The Balaban J connectivity index is 1.25. The maximum absolute atomic E-state index is 15.4. The van der Waals surface area contributed by atoms with Gasteiger partial charge in [-0.1, -0.05) is 0 Å². The molecule has 220 valence electrons. The van der Waals surface area contributed by atoms with E-state index in [1.807, 2.05) is 0 Å². The number of nitrogen functional groups attached to an aromatic ring is 2. The molecule has 0 amide bonds. The molecule has 0 aliphatic carbocycles. The molecule has 2 aliphatic heterocycles. The molecule has 9 atom stereocenters. The van der Waals surface area contributed by atoms with Crippen LogP contribution < -0.4 is 17.0 Å². The van der Waals surface area contributed by atoms with Crippen LogP contribution in [0.25, 0.3) is 22.3 Å². The molecule has 4 aromatic heterocycles. The summed E-state index contributed by atoms with van der Waals surface area (Å²) in [5, 5.41) is 20.1. The number of alkyl halides is 2. The summed E-state index contributed by atoms with van der Waals surface area (Å²) in [6.45, 7) is -1.70. The number of hydrogen-bond acceptors (Lipinski definition) is 14. The summed E-state index contributed by atoms with van der Waals surface area (Å²) in [5.74, 6) is -0.271. The maximum Gasteiger partial charge on any atom is 0.338 e. The van der Waals surface area contributed by atoms with E-state index in [0.29, 0.717) is 0 Å². The normalized spacial score (nSPS) is 31.7. The van der Waals surface area contributed by atoms with Crippen molar-refractivity contribution in [2.75, 3.05) is 24.7 Å². The summed E-state index contributed by atoms with van der Waals surface area (Å²) >= 11 is 0. The number of rotatable bonds is 7. The summed E-state index contributed by atoms with van der Waals surface area (Å²) in [5.41, 5.74) is 8.57. The SMILES string of the molecule is Nc1nc2c(ncn2C2O[C@H](CO)[C@@H](F)[C@H]2P(=O)(O)OC[C@H]2O[C@@H](n3cnc4c(N)ncnc43)[C@@H](F)[C@@H]2O)c(=O)[nH]1. The molecule has 21 heteroatoms. The van der Waals surface area contributed by atoms with Crippen LogP contribution in [-0.4, -0.2) is 104 Å². The second kappa shape index (κ2) is 10.0. The van der Waals surface area contributed by atoms with E-state index in [-0.39, 0.29) is 34.1 Å². The number of anilines is 2. The van der Waals surface area contributed by atoms with Gasteiger partial charge in [0.25, 0.3) is 5.56 Å². The van der Waals surface area contributed by atoms with Crippen LogP contribution in [0.1, 0.15) is 12.5 Å². The lowest BCUT2D eigenvalue weighted by atomic mass is 10.1. The molecule has 41 heavy (non-hydrogen) atoms. The molecule has 6 heterocycles. The van der Waals surface area contributed by atoms with Gasteiger partial charge in [0.15, 0.2) is 41.3 Å². The fourth-order valence-corrected chi connectivity index (χ4v) is 6.56. The van der Waals surface area contributed by atoms with Crippen molar-refractivity contribution in [2.45, 2.75) is 48.8 Å². The third kappa shape index (κ3) is 4.43. The quantitative estimate of drug-likeness (QED) is 0.132. The molecule has 0 spiro atoms. The van der Waals surface area contributed by atoms with Gasteiger partial charge in [-0.05, 0) is 0 Å². The minimum atomic E-state index is -5.04. The van der Waals surface area contributed by atoms with E-state index in [9.17, 15) is 24.5 Å². The van der Waals surface area contributed by atoms with Gasteiger partial charge in [0.1, 0.15) is 42.0 Å². The Bertz CT molecular complexity index is 1720. The molecule has 2 unspecified atom stereocenters. The molecule has 18 nitrogen and oxygen atoms in total. The van der Waals surface area contributed by atoms with Crippen LogP contribution in [0.3, 0.4) is 0 Å². The zero-order valence-corrected chi connectivity index (χ0v) is 21.5. The minimum absolute atomic E-state index is 0.0345. The number of aromatic nitrogens is 8. The Morgan fingerprint density at radius 3 is 2.44 bits per heavy atom. The number of halogens is 2. The summed E-state index contributed by atoms with van der Waals surface area (Å²) in [6, 6.07) is 0. The van der Waals surface area contributed by atoms with Crippen molar-refractivity contribution in [2.24, 2.45) is 0 Å². The number of ether oxygens (including phenoxy) is 2. The summed E-state index contributed by atoms with van der Waals surface area (Å²) < 4.78 is 62.4. The highest BCUT2D eigenvalue weighted by Gasteiger charge is 2.57. The standard InChI is InChI=1S/C20H23F2N10O8P/c21-8-6(1-33)39-19(32-5-28-11-16(32)29-20(24)30-17(11)35)13(8)41(36,37)38-2-7-12(34)9(22)18(40-7)31-4-27-10-14(23)25-3-26-15(10)31/h3-9,12-13,18-19,33-34H,1-2H2,(H,36,37)(H2,23,25,26)(H3,24,29,30,35)/t6-,7-,8-,9+,12-,13-,18-,19?/m1/s1. The first kappa shape index (κ1) is 27.5. The van der Waals surface area contributed by atoms with Crippen molar-refractivity contribution in [1.29, 1.82) is 0 Å². The number of nitrogens with two attached hydrogens (primary N) is 2. The van der Waals surface area contributed by atoms with E-state index < -0.39 is 75.1 Å². The van der Waals surface area contributed by atoms with E-state index >= 15 is 8.78 Å². The number of imidazole rings is 2. The Kier molecular flexibility index (Phi) is 6.72. The van der Waals surface area contributed by atoms with Crippen molar-refractivity contribution < 1.29 is 42.4 Å². The third-order valence-corrected chi connectivity index (χ3v) is 8.76. The molecule has 4 aromatic rings. The van der Waals surface area contributed by atoms with Crippen molar-refractivity contribution in [1.82, 2.24) is 39.0 Å². The number of aliphatic hydroxyl groups excluding tert-OH is 2. The van der Waals surface area contributed by atoms with Gasteiger partial charge < -0.3 is 40.6 Å². The van der Waals surface area contributed by atoms with Crippen LogP contribution >= 0.6 is 7.60 Å². The van der Waals surface area contributed by atoms with Crippen molar-refractivity contribution in [3.63, 3.8) is 0 Å². The highest BCUT2D eigenvalue weighted by Crippen LogP contribution is 2.58. The van der Waals surface area contributed by atoms with Gasteiger partial charge in [0, 0.05) is 0 Å². The van der Waals surface area contributed by atoms with Gasteiger partial charge in [-0.25, -0.2) is 28.7 Å². The molecule has 2 aliphatic rings. The van der Waals surface area contributed by atoms with Gasteiger partial charge in [0.05, 0.1) is 25.9 Å². The smallest absolute Gasteiger partial charge is 0.338 e. The number of aliphatic hydroxyl groups is 2. The number of nitrogens with one attached hydrogen (secondary N) is 1. The minimum Gasteiger partial charge on any atom is -0.394 e. The Morgan fingerprint density at radius 2 is 1.71 bits per heavy atom. The molecule has 0 saturated carbocycles. The van der Waals surface area contributed by atoms with Crippen LogP contribution in [0.5, 0.6) is 0 Å². The lowest BCUT2D eigenvalue weighted by Crippen LogP contribution is -2.34. The van der Waals surface area contributed by atoms with Gasteiger partial charge in [-0.2, -0.15) is 4.98 Å². The topological polar surface area (TPSA) is 265 Å². The predicted molar refractivity (Wildman–Crippen MR) is 133 cm³/mol. The molecular formula is C20H23F2N10O8P. The average molecular weight is 600 g/mol. The van der Waals surface area contributed by atoms with Crippen molar-refractivity contribution >= 4 is 41.7 Å². The molecule has 6 rings (SSSR count). The predicted octanol–water partition coefficient (Wildman–Crippen LogP) is -1.48. The second-order valence-electron chi connectivity index (χ2n) is 9.40. The Labute approximate surface area is 226 Å². The fourth-order valence-electron chi connectivity index (χ4n) is 4.94. The van der Waals surface area contributed by atoms with Crippen molar-refractivity contribution in [3.05, 3.63) is 29.3 Å². The van der Waals surface area contributed by atoms with Crippen LogP contribution in [0, 0.1) is 0 Å². The molecule has 2 fully saturated rings. The van der Waals surface area contributed by atoms with Gasteiger partial charge >= 0.3 is 7.60 Å². The summed E-state index contributed by atoms with van der Waals surface area (Å²) in [7, 11) is -5.04. The van der Waals surface area contributed by atoms with Crippen LogP contribution in [0.4, 0.5) is 20.5 Å². The molecule has 2 saturated heterocycles. The molecule has 0 bridgehead atoms. The average Bonchev–Trinajstić information content (AvgIpc) is 3.68. The van der Waals surface area contributed by atoms with E-state index in [4.69, 9.17) is 25.5 Å². The van der Waals surface area contributed by atoms with Gasteiger partial charge in [0.2, 0.25) is 5.95 Å². The number of hydrogen-bond donors (Lipinski definition) is 6. The lowest BCUT2D eigenvalue weighted by Gasteiger charge is -2.26. The molecule has 0 aromatic carbocycles. The van der Waals surface area contributed by atoms with Crippen LogP contribution in [-0.2, 0) is 18.6 Å². The molecule has 0 radical (unpaired) electrons. The second-order valence-corrected chi connectivity index (χ2v) is 11.4. The zero-order chi connectivity index (χ0) is 29.2. The highest BCUT2D eigenvalue weighted by molar-refractivity contribution is 7.53. The van der Waals surface area contributed by atoms with E-state index in [0.717, 1.165) is 17.2 Å². The third-order valence-electron chi connectivity index (χ3n) is 6.95. The van der Waals surface area contributed by atoms with E-state index in [2.05, 4.69) is 29.9 Å². The Morgan fingerprint density at radius 1 is 1.02 bits per heavy atom. The molecular weight excluding hydrogens is 577 g/mol. The molecule has 8 N–H and O–H groups in total. The first-order valence-electron chi connectivity index (χ1n) is 12.0. The van der Waals surface area contributed by atoms with E-state index in [1.54, 1.807) is 0 Å². The first-order chi connectivity index (χ1) is 19.5. The number of H-pyrrole nitrogens is 1. The largest absolute Gasteiger partial charge is 0.394 e. The number of aromatic amines is 1. The zero-order valence-electron chi connectivity index (χ0n) is 20.6. The summed E-state index contributed by atoms with van der Waals surface area (Å²) in [6.07, 6.45) is -8.88. The van der Waals surface area contributed by atoms with E-state index in [1.165, 1.54) is 10.9 Å². The maximum atomic E-state index is 15.4. The van der Waals surface area contributed by atoms with Gasteiger partial charge in [-0.3, -0.25) is 23.5 Å².